The number of carbonyl (C=O) groups is 2. The van der Waals surface area contributed by atoms with E-state index in [1.807, 2.05) is 63.2 Å². The highest BCUT2D eigenvalue weighted by Crippen LogP contribution is 2.19. The number of halogens is 1. The third kappa shape index (κ3) is 5.83. The van der Waals surface area contributed by atoms with E-state index in [2.05, 4.69) is 5.32 Å². The molecule has 0 spiro atoms. The van der Waals surface area contributed by atoms with Crippen LogP contribution in [0.3, 0.4) is 0 Å². The molecule has 0 saturated carbocycles. The van der Waals surface area contributed by atoms with Gasteiger partial charge in [0.1, 0.15) is 6.04 Å². The number of amides is 2. The molecule has 2 atom stereocenters. The molecule has 0 unspecified atom stereocenters. The highest BCUT2D eigenvalue weighted by atomic mass is 35.5. The van der Waals surface area contributed by atoms with Crippen molar-refractivity contribution in [3.8, 4) is 0 Å². The van der Waals surface area contributed by atoms with Crippen LogP contribution in [0.5, 0.6) is 0 Å². The maximum Gasteiger partial charge on any atom is 0.242 e. The molecule has 0 heterocycles. The van der Waals surface area contributed by atoms with E-state index in [-0.39, 0.29) is 24.3 Å². The van der Waals surface area contributed by atoms with Crippen LogP contribution in [-0.4, -0.2) is 28.8 Å². The molecule has 4 nitrogen and oxygen atoms in total. The van der Waals surface area contributed by atoms with Gasteiger partial charge in [0.2, 0.25) is 11.8 Å². The van der Waals surface area contributed by atoms with Crippen LogP contribution in [-0.2, 0) is 22.6 Å². The Hall–Kier alpha value is -2.33. The lowest BCUT2D eigenvalue weighted by Crippen LogP contribution is -2.50. The topological polar surface area (TPSA) is 49.4 Å². The summed E-state index contributed by atoms with van der Waals surface area (Å²) in [5, 5.41) is 3.54. The van der Waals surface area contributed by atoms with Crippen molar-refractivity contribution in [3.63, 3.8) is 0 Å². The van der Waals surface area contributed by atoms with E-state index in [0.29, 0.717) is 11.6 Å². The highest BCUT2D eigenvalue weighted by molar-refractivity contribution is 6.31. The van der Waals surface area contributed by atoms with Crippen LogP contribution in [0, 0.1) is 6.92 Å². The van der Waals surface area contributed by atoms with Gasteiger partial charge in [0.25, 0.3) is 0 Å². The van der Waals surface area contributed by atoms with Gasteiger partial charge in [-0.1, -0.05) is 61.0 Å². The first-order chi connectivity index (χ1) is 13.3. The van der Waals surface area contributed by atoms with Crippen LogP contribution in [0.2, 0.25) is 5.02 Å². The molecule has 0 aliphatic carbocycles. The molecule has 2 rings (SSSR count). The molecule has 1 N–H and O–H groups in total. The van der Waals surface area contributed by atoms with E-state index in [4.69, 9.17) is 11.6 Å². The summed E-state index contributed by atoms with van der Waals surface area (Å²) in [6.45, 7) is 8.15. The normalized spacial score (nSPS) is 12.9. The van der Waals surface area contributed by atoms with Gasteiger partial charge in [-0.2, -0.15) is 0 Å². The van der Waals surface area contributed by atoms with E-state index in [0.717, 1.165) is 23.1 Å². The summed E-state index contributed by atoms with van der Waals surface area (Å²) in [5.41, 5.74) is 2.88. The summed E-state index contributed by atoms with van der Waals surface area (Å²) in [4.78, 5) is 27.5. The first-order valence-corrected chi connectivity index (χ1v) is 10.1. The van der Waals surface area contributed by atoms with Gasteiger partial charge in [-0.3, -0.25) is 9.59 Å². The minimum Gasteiger partial charge on any atom is -0.352 e. The monoisotopic (exact) mass is 400 g/mol. The van der Waals surface area contributed by atoms with E-state index in [9.17, 15) is 9.59 Å². The van der Waals surface area contributed by atoms with E-state index in [1.54, 1.807) is 17.9 Å². The minimum atomic E-state index is -0.580. The SMILES string of the molecule is CC[C@@H](C)NC(=O)[C@H](C)N(Cc1ccccc1C)C(=O)Cc1ccccc1Cl. The molecule has 0 aliphatic rings. The summed E-state index contributed by atoms with van der Waals surface area (Å²) in [6.07, 6.45) is 0.996. The molecule has 28 heavy (non-hydrogen) atoms. The molecule has 0 aromatic heterocycles. The molecule has 2 aromatic rings. The molecular weight excluding hydrogens is 372 g/mol. The molecule has 150 valence electrons. The molecule has 2 amide bonds. The largest absolute Gasteiger partial charge is 0.352 e. The quantitative estimate of drug-likeness (QED) is 0.708. The minimum absolute atomic E-state index is 0.0638. The summed E-state index contributed by atoms with van der Waals surface area (Å²) in [7, 11) is 0. The van der Waals surface area contributed by atoms with Crippen LogP contribution >= 0.6 is 11.6 Å². The van der Waals surface area contributed by atoms with Crippen molar-refractivity contribution < 1.29 is 9.59 Å². The second kappa shape index (κ2) is 10.3. The number of nitrogens with zero attached hydrogens (tertiary/aromatic N) is 1. The predicted molar refractivity (Wildman–Crippen MR) is 114 cm³/mol. The Kier molecular flexibility index (Phi) is 8.06. The maximum absolute atomic E-state index is 13.2. The number of aryl methyl sites for hydroxylation is 1. The summed E-state index contributed by atoms with van der Waals surface area (Å²) in [5.74, 6) is -0.265. The van der Waals surface area contributed by atoms with Crippen molar-refractivity contribution in [2.24, 2.45) is 0 Å². The Morgan fingerprint density at radius 2 is 1.64 bits per heavy atom. The van der Waals surface area contributed by atoms with Crippen LogP contribution in [0.15, 0.2) is 48.5 Å². The van der Waals surface area contributed by atoms with Crippen molar-refractivity contribution in [1.82, 2.24) is 10.2 Å². The third-order valence-electron chi connectivity index (χ3n) is 5.07. The fraction of sp³-hybridized carbons (Fsp3) is 0.391. The fourth-order valence-corrected chi connectivity index (χ4v) is 3.13. The Balaban J connectivity index is 2.26. The molecule has 0 radical (unpaired) electrons. The van der Waals surface area contributed by atoms with Gasteiger partial charge >= 0.3 is 0 Å². The summed E-state index contributed by atoms with van der Waals surface area (Å²) in [6, 6.07) is 14.7. The van der Waals surface area contributed by atoms with Crippen LogP contribution < -0.4 is 5.32 Å². The van der Waals surface area contributed by atoms with Crippen LogP contribution in [0.4, 0.5) is 0 Å². The molecule has 0 aliphatic heterocycles. The van der Waals surface area contributed by atoms with Gasteiger partial charge in [0, 0.05) is 17.6 Å². The lowest BCUT2D eigenvalue weighted by molar-refractivity contribution is -0.140. The number of rotatable bonds is 8. The Bertz CT molecular complexity index is 822. The van der Waals surface area contributed by atoms with Crippen molar-refractivity contribution in [1.29, 1.82) is 0 Å². The zero-order valence-corrected chi connectivity index (χ0v) is 17.8. The molecule has 2 aromatic carbocycles. The maximum atomic E-state index is 13.2. The zero-order valence-electron chi connectivity index (χ0n) is 17.0. The second-order valence-electron chi connectivity index (χ2n) is 7.21. The smallest absolute Gasteiger partial charge is 0.242 e. The number of hydrogen-bond donors (Lipinski definition) is 1. The first-order valence-electron chi connectivity index (χ1n) is 9.71. The van der Waals surface area contributed by atoms with E-state index in [1.165, 1.54) is 0 Å². The highest BCUT2D eigenvalue weighted by Gasteiger charge is 2.27. The van der Waals surface area contributed by atoms with E-state index >= 15 is 0 Å². The lowest BCUT2D eigenvalue weighted by atomic mass is 10.1. The standard InChI is InChI=1S/C23H29ClN2O2/c1-5-17(3)25-23(28)18(4)26(15-20-12-7-6-10-16(20)2)22(27)14-19-11-8-9-13-21(19)24/h6-13,17-18H,5,14-15H2,1-4H3,(H,25,28)/t17-,18+/m1/s1. The number of benzene rings is 2. The Morgan fingerprint density at radius 3 is 2.25 bits per heavy atom. The van der Waals surface area contributed by atoms with Crippen molar-refractivity contribution in [2.45, 2.75) is 59.2 Å². The van der Waals surface area contributed by atoms with Gasteiger partial charge in [-0.25, -0.2) is 0 Å². The number of hydrogen-bond acceptors (Lipinski definition) is 2. The lowest BCUT2D eigenvalue weighted by Gasteiger charge is -2.30. The van der Waals surface area contributed by atoms with Gasteiger partial charge in [-0.15, -0.1) is 0 Å². The van der Waals surface area contributed by atoms with Crippen LogP contribution in [0.25, 0.3) is 0 Å². The van der Waals surface area contributed by atoms with Crippen molar-refractivity contribution in [3.05, 3.63) is 70.2 Å². The van der Waals surface area contributed by atoms with Gasteiger partial charge in [0.05, 0.1) is 6.42 Å². The molecule has 0 fully saturated rings. The second-order valence-corrected chi connectivity index (χ2v) is 7.62. The van der Waals surface area contributed by atoms with Crippen molar-refractivity contribution >= 4 is 23.4 Å². The van der Waals surface area contributed by atoms with Crippen molar-refractivity contribution in [2.75, 3.05) is 0 Å². The van der Waals surface area contributed by atoms with Gasteiger partial charge in [0.15, 0.2) is 0 Å². The molecule has 0 saturated heterocycles. The van der Waals surface area contributed by atoms with Gasteiger partial charge < -0.3 is 10.2 Å². The van der Waals surface area contributed by atoms with Gasteiger partial charge in [-0.05, 0) is 49.9 Å². The third-order valence-corrected chi connectivity index (χ3v) is 5.44. The first kappa shape index (κ1) is 22.0. The predicted octanol–water partition coefficient (Wildman–Crippen LogP) is 4.52. The Morgan fingerprint density at radius 1 is 1.04 bits per heavy atom. The van der Waals surface area contributed by atoms with Crippen LogP contribution in [0.1, 0.15) is 43.9 Å². The zero-order chi connectivity index (χ0) is 20.7. The van der Waals surface area contributed by atoms with E-state index < -0.39 is 6.04 Å². The number of nitrogens with one attached hydrogen (secondary N) is 1. The average Bonchev–Trinajstić information content (AvgIpc) is 2.68. The summed E-state index contributed by atoms with van der Waals surface area (Å²) < 4.78 is 0. The molecular formula is C23H29ClN2O2. The molecule has 0 bridgehead atoms. The fourth-order valence-electron chi connectivity index (χ4n) is 2.93. The Labute approximate surface area is 172 Å². The number of carbonyl (C=O) groups excluding carboxylic acids is 2. The average molecular weight is 401 g/mol. The summed E-state index contributed by atoms with van der Waals surface area (Å²) >= 11 is 6.24. The molecule has 5 heteroatoms.